The highest BCUT2D eigenvalue weighted by Crippen LogP contribution is 2.35. The summed E-state index contributed by atoms with van der Waals surface area (Å²) in [5.74, 6) is -7.86. The van der Waals surface area contributed by atoms with Crippen LogP contribution in [-0.2, 0) is 23.9 Å². The van der Waals surface area contributed by atoms with E-state index in [1.165, 1.54) is 6.07 Å². The number of carbonyl (C=O) groups is 5. The molecule has 53 heavy (non-hydrogen) atoms. The van der Waals surface area contributed by atoms with Crippen molar-refractivity contribution in [3.8, 4) is 11.1 Å². The molecule has 0 aromatic heterocycles. The number of aliphatic hydroxyl groups is 3. The number of aliphatic hydroxyl groups excluding tert-OH is 3. The van der Waals surface area contributed by atoms with Crippen LogP contribution in [0.15, 0.2) is 78.9 Å². The highest BCUT2D eigenvalue weighted by molar-refractivity contribution is 5.95. The van der Waals surface area contributed by atoms with Crippen molar-refractivity contribution in [1.82, 2.24) is 16.0 Å². The number of carbonyl (C=O) groups excluding carboxylic acids is 3. The monoisotopic (exact) mass is 735 g/mol. The van der Waals surface area contributed by atoms with E-state index in [9.17, 15) is 44.4 Å². The Bertz CT molecular complexity index is 1740. The van der Waals surface area contributed by atoms with Crippen molar-refractivity contribution in [3.05, 3.63) is 95.6 Å². The molecule has 0 saturated carbocycles. The van der Waals surface area contributed by atoms with Crippen molar-refractivity contribution < 1.29 is 59.0 Å². The summed E-state index contributed by atoms with van der Waals surface area (Å²) in [6, 6.07) is 19.3. The maximum Gasteiger partial charge on any atom is 0.367 e. The second-order valence-corrected chi connectivity index (χ2v) is 12.9. The zero-order valence-corrected chi connectivity index (χ0v) is 29.3. The molecule has 0 aliphatic carbocycles. The van der Waals surface area contributed by atoms with E-state index in [4.69, 9.17) is 14.6 Å². The van der Waals surface area contributed by atoms with Crippen LogP contribution in [0.2, 0.25) is 0 Å². The van der Waals surface area contributed by atoms with Crippen molar-refractivity contribution in [2.45, 2.75) is 81.8 Å². The summed E-state index contributed by atoms with van der Waals surface area (Å²) in [6.45, 7) is 1.95. The quantitative estimate of drug-likeness (QED) is 0.0923. The molecule has 0 bridgehead atoms. The molecule has 15 nitrogen and oxygen atoms in total. The van der Waals surface area contributed by atoms with Crippen LogP contribution in [-0.4, -0.2) is 111 Å². The first-order valence-corrected chi connectivity index (χ1v) is 17.1. The van der Waals surface area contributed by atoms with Gasteiger partial charge in [-0.3, -0.25) is 19.2 Å². The van der Waals surface area contributed by atoms with Gasteiger partial charge in [0.05, 0.1) is 24.8 Å². The molecular weight excluding hydrogens is 690 g/mol. The van der Waals surface area contributed by atoms with Crippen LogP contribution < -0.4 is 16.0 Å². The van der Waals surface area contributed by atoms with Crippen LogP contribution in [0.1, 0.15) is 58.9 Å². The Balaban J connectivity index is 1.59. The lowest BCUT2D eigenvalue weighted by atomic mass is 9.84. The maximum atomic E-state index is 13.5. The molecule has 0 radical (unpaired) electrons. The lowest BCUT2D eigenvalue weighted by Crippen LogP contribution is -2.77. The molecule has 0 unspecified atom stereocenters. The predicted molar refractivity (Wildman–Crippen MR) is 190 cm³/mol. The Labute approximate surface area is 305 Å². The van der Waals surface area contributed by atoms with Gasteiger partial charge in [0.25, 0.3) is 17.6 Å². The average Bonchev–Trinajstić information content (AvgIpc) is 3.13. The average molecular weight is 736 g/mol. The molecule has 8 N–H and O–H groups in total. The first-order chi connectivity index (χ1) is 25.2. The van der Waals surface area contributed by atoms with Gasteiger partial charge in [-0.2, -0.15) is 0 Å². The van der Waals surface area contributed by atoms with Gasteiger partial charge < -0.3 is 51.0 Å². The molecule has 3 aromatic rings. The molecule has 7 atom stereocenters. The number of unbranched alkanes of at least 4 members (excludes halogenated alkanes) is 2. The minimum Gasteiger partial charge on any atom is -0.481 e. The third-order valence-electron chi connectivity index (χ3n) is 8.84. The molecule has 1 saturated heterocycles. The maximum absolute atomic E-state index is 13.5. The minimum atomic E-state index is -2.94. The molecule has 284 valence electrons. The van der Waals surface area contributed by atoms with Crippen LogP contribution in [0.5, 0.6) is 0 Å². The second kappa shape index (κ2) is 18.5. The molecular formula is C38H45N3O12. The summed E-state index contributed by atoms with van der Waals surface area (Å²) < 4.78 is 11.5. The third-order valence-corrected chi connectivity index (χ3v) is 8.84. The molecule has 1 fully saturated rings. The molecule has 0 spiro atoms. The number of ether oxygens (including phenoxy) is 2. The first-order valence-electron chi connectivity index (χ1n) is 17.1. The number of hydrogen-bond acceptors (Lipinski definition) is 10. The smallest absolute Gasteiger partial charge is 0.367 e. The fourth-order valence-electron chi connectivity index (χ4n) is 6.08. The van der Waals surface area contributed by atoms with Gasteiger partial charge in [0, 0.05) is 31.0 Å². The van der Waals surface area contributed by atoms with Crippen molar-refractivity contribution >= 4 is 29.7 Å². The van der Waals surface area contributed by atoms with Gasteiger partial charge in [0.2, 0.25) is 5.91 Å². The van der Waals surface area contributed by atoms with E-state index in [1.807, 2.05) is 30.3 Å². The minimum absolute atomic E-state index is 0.129. The van der Waals surface area contributed by atoms with Crippen LogP contribution in [0.3, 0.4) is 0 Å². The molecule has 1 heterocycles. The summed E-state index contributed by atoms with van der Waals surface area (Å²) in [5.41, 5.74) is 2.92. The lowest BCUT2D eigenvalue weighted by Gasteiger charge is -2.50. The van der Waals surface area contributed by atoms with E-state index in [-0.39, 0.29) is 37.0 Å². The first kappa shape index (κ1) is 40.6. The van der Waals surface area contributed by atoms with Gasteiger partial charge in [0.15, 0.2) is 0 Å². The van der Waals surface area contributed by atoms with Crippen molar-refractivity contribution in [2.75, 3.05) is 13.2 Å². The second-order valence-electron chi connectivity index (χ2n) is 12.9. The van der Waals surface area contributed by atoms with Gasteiger partial charge in [-0.05, 0) is 55.2 Å². The summed E-state index contributed by atoms with van der Waals surface area (Å²) in [5, 5.41) is 61.2. The predicted octanol–water partition coefficient (Wildman–Crippen LogP) is 1.62. The van der Waals surface area contributed by atoms with Crippen molar-refractivity contribution in [3.63, 3.8) is 0 Å². The number of rotatable bonds is 17. The third kappa shape index (κ3) is 10.5. The summed E-state index contributed by atoms with van der Waals surface area (Å²) in [4.78, 5) is 62.7. The van der Waals surface area contributed by atoms with Crippen molar-refractivity contribution in [1.29, 1.82) is 0 Å². The normalized spacial score (nSPS) is 22.2. The zero-order chi connectivity index (χ0) is 38.7. The molecule has 4 rings (SSSR count). The number of nitrogens with one attached hydrogen (secondary N) is 3. The van der Waals surface area contributed by atoms with Crippen molar-refractivity contribution in [2.24, 2.45) is 0 Å². The fourth-order valence-corrected chi connectivity index (χ4v) is 6.08. The number of aryl methyl sites for hydroxylation is 1. The largest absolute Gasteiger partial charge is 0.481 e. The molecule has 15 heteroatoms. The number of aliphatic carboxylic acids is 2. The van der Waals surface area contributed by atoms with Gasteiger partial charge in [-0.1, -0.05) is 66.6 Å². The van der Waals surface area contributed by atoms with E-state index in [0.29, 0.717) is 6.42 Å². The van der Waals surface area contributed by atoms with Gasteiger partial charge >= 0.3 is 11.9 Å². The van der Waals surface area contributed by atoms with Gasteiger partial charge in [0.1, 0.15) is 18.3 Å². The summed E-state index contributed by atoms with van der Waals surface area (Å²) in [7, 11) is 0. The Morgan fingerprint density at radius 2 is 1.49 bits per heavy atom. The SMILES string of the molecule is CC(=O)N[C@@H]1[C@@H](NC(=O)c2cccc(C)c2)[C@H](O)[C@](OCCCCCC(=O)O)(C(=O)O)O[C@H]1[C@H](O)[C@H](O)CNC(=O)c1ccc(-c2ccccc2)cc1. The molecule has 3 aromatic carbocycles. The van der Waals surface area contributed by atoms with Gasteiger partial charge in [-0.15, -0.1) is 0 Å². The summed E-state index contributed by atoms with van der Waals surface area (Å²) >= 11 is 0. The van der Waals surface area contributed by atoms with E-state index in [2.05, 4.69) is 16.0 Å². The van der Waals surface area contributed by atoms with E-state index >= 15 is 0 Å². The Kier molecular flexibility index (Phi) is 14.2. The molecule has 1 aliphatic rings. The van der Waals surface area contributed by atoms with Crippen LogP contribution in [0, 0.1) is 6.92 Å². The molecule has 1 aliphatic heterocycles. The van der Waals surface area contributed by atoms with E-state index in [0.717, 1.165) is 23.6 Å². The highest BCUT2D eigenvalue weighted by atomic mass is 16.7. The zero-order valence-electron chi connectivity index (χ0n) is 29.3. The Hall–Kier alpha value is -5.19. The summed E-state index contributed by atoms with van der Waals surface area (Å²) in [6.07, 6.45) is -7.28. The topological polar surface area (TPSA) is 241 Å². The fraction of sp³-hybridized carbons (Fsp3) is 0.395. The number of carboxylic acid groups (broad SMARTS) is 2. The van der Waals surface area contributed by atoms with Crippen LogP contribution in [0.4, 0.5) is 0 Å². The number of hydrogen-bond donors (Lipinski definition) is 8. The standard InChI is InChI=1S/C38H45N3O12/c1-22-10-9-13-27(20-22)36(49)41-31-30(40-23(2)42)33(53-38(34(31)47,37(50)51)52-19-8-4-7-14-29(44)45)32(46)28(43)21-39-35(48)26-17-15-25(16-18-26)24-11-5-3-6-12-24/h3,5-6,9-13,15-18,20,28,30-34,43,46-47H,4,7-8,14,19,21H2,1-2H3,(H,39,48)(H,40,42)(H,41,49)(H,44,45)(H,50,51)/t28-,30-,31-,32-,33-,34+,38-/m1/s1. The number of amides is 3. The van der Waals surface area contributed by atoms with Crippen LogP contribution >= 0.6 is 0 Å². The Morgan fingerprint density at radius 3 is 2.11 bits per heavy atom. The highest BCUT2D eigenvalue weighted by Gasteiger charge is 2.62. The molecule has 3 amide bonds. The van der Waals surface area contributed by atoms with E-state index in [1.54, 1.807) is 49.4 Å². The number of carboxylic acids is 2. The van der Waals surface area contributed by atoms with Crippen LogP contribution in [0.25, 0.3) is 11.1 Å². The lowest BCUT2D eigenvalue weighted by molar-refractivity contribution is -0.333. The Morgan fingerprint density at radius 1 is 0.811 bits per heavy atom. The van der Waals surface area contributed by atoms with Gasteiger partial charge in [-0.25, -0.2) is 4.79 Å². The number of benzene rings is 3. The van der Waals surface area contributed by atoms with E-state index < -0.39 is 78.5 Å².